The predicted octanol–water partition coefficient (Wildman–Crippen LogP) is 3.60. The van der Waals surface area contributed by atoms with Crippen molar-refractivity contribution < 1.29 is 9.53 Å². The zero-order chi connectivity index (χ0) is 22.0. The zero-order valence-electron chi connectivity index (χ0n) is 18.7. The average Bonchev–Trinajstić information content (AvgIpc) is 3.36. The highest BCUT2D eigenvalue weighted by Crippen LogP contribution is 2.27. The Bertz CT molecular complexity index is 1030. The molecule has 1 unspecified atom stereocenters. The Kier molecular flexibility index (Phi) is 6.43. The smallest absolute Gasteiger partial charge is 0.227 e. The molecular formula is C24H30N4O2S. The second-order valence-electron chi connectivity index (χ2n) is 8.27. The molecule has 1 amide bonds. The Morgan fingerprint density at radius 2 is 1.94 bits per heavy atom. The zero-order valence-corrected chi connectivity index (χ0v) is 19.5. The van der Waals surface area contributed by atoms with E-state index in [4.69, 9.17) is 4.74 Å². The monoisotopic (exact) mass is 438 g/mol. The highest BCUT2D eigenvalue weighted by molar-refractivity contribution is 7.13. The first-order valence-corrected chi connectivity index (χ1v) is 11.5. The van der Waals surface area contributed by atoms with Gasteiger partial charge in [0.05, 0.1) is 24.3 Å². The van der Waals surface area contributed by atoms with E-state index in [1.807, 2.05) is 25.9 Å². The maximum Gasteiger partial charge on any atom is 0.227 e. The van der Waals surface area contributed by atoms with Crippen molar-refractivity contribution in [3.63, 3.8) is 0 Å². The molecule has 0 radical (unpaired) electrons. The lowest BCUT2D eigenvalue weighted by Crippen LogP contribution is -2.34. The molecule has 164 valence electrons. The van der Waals surface area contributed by atoms with Crippen LogP contribution in [0.15, 0.2) is 41.8 Å². The molecule has 3 heterocycles. The van der Waals surface area contributed by atoms with Crippen LogP contribution in [0.3, 0.4) is 0 Å². The molecule has 0 aliphatic carbocycles. The van der Waals surface area contributed by atoms with Gasteiger partial charge in [0, 0.05) is 45.2 Å². The van der Waals surface area contributed by atoms with E-state index in [0.29, 0.717) is 0 Å². The Labute approximate surface area is 188 Å². The highest BCUT2D eigenvalue weighted by atomic mass is 32.1. The van der Waals surface area contributed by atoms with Crippen LogP contribution in [-0.4, -0.2) is 59.3 Å². The van der Waals surface area contributed by atoms with E-state index < -0.39 is 0 Å². The SMILES string of the molecule is COc1c(CN2CCN(C)C(=O)C(Cc3ccc(-c4cccs4)cc3)C2)c(C)nn1C. The second kappa shape index (κ2) is 9.24. The molecule has 1 atom stereocenters. The molecule has 1 aliphatic rings. The van der Waals surface area contributed by atoms with Gasteiger partial charge in [-0.2, -0.15) is 5.10 Å². The molecule has 6 nitrogen and oxygen atoms in total. The first kappa shape index (κ1) is 21.6. The number of ether oxygens (including phenoxy) is 1. The number of methoxy groups -OCH3 is 1. The first-order valence-electron chi connectivity index (χ1n) is 10.6. The van der Waals surface area contributed by atoms with Crippen LogP contribution in [0.1, 0.15) is 16.8 Å². The van der Waals surface area contributed by atoms with Crippen LogP contribution in [-0.2, 0) is 24.8 Å². The molecule has 1 aromatic carbocycles. The number of nitrogens with zero attached hydrogens (tertiary/aromatic N) is 4. The molecule has 0 bridgehead atoms. The highest BCUT2D eigenvalue weighted by Gasteiger charge is 2.30. The van der Waals surface area contributed by atoms with Crippen molar-refractivity contribution in [1.82, 2.24) is 19.6 Å². The van der Waals surface area contributed by atoms with E-state index in [1.54, 1.807) is 23.1 Å². The second-order valence-corrected chi connectivity index (χ2v) is 9.21. The number of benzene rings is 1. The normalized spacial score (nSPS) is 17.7. The Morgan fingerprint density at radius 1 is 1.16 bits per heavy atom. The molecule has 1 fully saturated rings. The Balaban J connectivity index is 1.50. The van der Waals surface area contributed by atoms with Gasteiger partial charge in [0.1, 0.15) is 0 Å². The lowest BCUT2D eigenvalue weighted by Gasteiger charge is -2.23. The standard InChI is InChI=1S/C24H30N4O2S/c1-17-21(24(30-4)27(3)25-17)16-28-12-11-26(2)23(29)20(15-28)14-18-7-9-19(10-8-18)22-6-5-13-31-22/h5-10,13,20H,11-12,14-16H2,1-4H3. The van der Waals surface area contributed by atoms with E-state index in [1.165, 1.54) is 16.0 Å². The fourth-order valence-electron chi connectivity index (χ4n) is 4.36. The summed E-state index contributed by atoms with van der Waals surface area (Å²) in [4.78, 5) is 18.6. The summed E-state index contributed by atoms with van der Waals surface area (Å²) in [6, 6.07) is 12.8. The average molecular weight is 439 g/mol. The van der Waals surface area contributed by atoms with Gasteiger partial charge in [0.15, 0.2) is 0 Å². The van der Waals surface area contributed by atoms with Crippen LogP contribution in [0, 0.1) is 12.8 Å². The minimum atomic E-state index is -0.0666. The molecule has 3 aromatic rings. The van der Waals surface area contributed by atoms with Crippen LogP contribution in [0.4, 0.5) is 0 Å². The van der Waals surface area contributed by atoms with Crippen LogP contribution in [0.5, 0.6) is 5.88 Å². The van der Waals surface area contributed by atoms with Gasteiger partial charge in [0.25, 0.3) is 0 Å². The van der Waals surface area contributed by atoms with Gasteiger partial charge in [-0.05, 0) is 35.9 Å². The van der Waals surface area contributed by atoms with Crippen molar-refractivity contribution in [1.29, 1.82) is 0 Å². The molecule has 0 N–H and O–H groups in total. The molecule has 31 heavy (non-hydrogen) atoms. The first-order chi connectivity index (χ1) is 15.0. The minimum absolute atomic E-state index is 0.0666. The molecule has 0 spiro atoms. The van der Waals surface area contributed by atoms with Crippen molar-refractivity contribution in [2.24, 2.45) is 13.0 Å². The number of thiophene rings is 1. The van der Waals surface area contributed by atoms with Gasteiger partial charge in [-0.3, -0.25) is 9.69 Å². The van der Waals surface area contributed by atoms with E-state index in [-0.39, 0.29) is 11.8 Å². The van der Waals surface area contributed by atoms with E-state index in [2.05, 4.69) is 51.8 Å². The fourth-order valence-corrected chi connectivity index (χ4v) is 5.10. The maximum atomic E-state index is 13.1. The van der Waals surface area contributed by atoms with Gasteiger partial charge < -0.3 is 9.64 Å². The van der Waals surface area contributed by atoms with E-state index >= 15 is 0 Å². The molecule has 0 saturated carbocycles. The summed E-state index contributed by atoms with van der Waals surface area (Å²) in [5, 5.41) is 6.60. The lowest BCUT2D eigenvalue weighted by atomic mass is 9.96. The predicted molar refractivity (Wildman–Crippen MR) is 124 cm³/mol. The summed E-state index contributed by atoms with van der Waals surface area (Å²) < 4.78 is 7.36. The minimum Gasteiger partial charge on any atom is -0.481 e. The van der Waals surface area contributed by atoms with Crippen molar-refractivity contribution in [3.8, 4) is 16.3 Å². The third-order valence-electron chi connectivity index (χ3n) is 6.06. The third-order valence-corrected chi connectivity index (χ3v) is 6.98. The Hall–Kier alpha value is -2.64. The largest absolute Gasteiger partial charge is 0.481 e. The molecule has 4 rings (SSSR count). The van der Waals surface area contributed by atoms with Crippen molar-refractivity contribution in [2.75, 3.05) is 33.8 Å². The maximum absolute atomic E-state index is 13.1. The molecule has 1 saturated heterocycles. The number of aryl methyl sites for hydroxylation is 2. The van der Waals surface area contributed by atoms with Crippen molar-refractivity contribution >= 4 is 17.2 Å². The number of likely N-dealkylation sites (N-methyl/N-ethyl adjacent to an activating group) is 1. The molecule has 7 heteroatoms. The summed E-state index contributed by atoms with van der Waals surface area (Å²) in [7, 11) is 5.49. The van der Waals surface area contributed by atoms with Crippen molar-refractivity contribution in [3.05, 3.63) is 58.6 Å². The molecular weight excluding hydrogens is 408 g/mol. The van der Waals surface area contributed by atoms with Crippen LogP contribution in [0.25, 0.3) is 10.4 Å². The number of aromatic nitrogens is 2. The lowest BCUT2D eigenvalue weighted by molar-refractivity contribution is -0.133. The number of amides is 1. The van der Waals surface area contributed by atoms with Gasteiger partial charge >= 0.3 is 0 Å². The Morgan fingerprint density at radius 3 is 2.61 bits per heavy atom. The van der Waals surface area contributed by atoms with E-state index in [0.717, 1.165) is 49.7 Å². The topological polar surface area (TPSA) is 50.6 Å². The number of hydrogen-bond donors (Lipinski definition) is 0. The summed E-state index contributed by atoms with van der Waals surface area (Å²) in [5.41, 5.74) is 4.50. The summed E-state index contributed by atoms with van der Waals surface area (Å²) in [6.45, 7) is 5.05. The number of hydrogen-bond acceptors (Lipinski definition) is 5. The quantitative estimate of drug-likeness (QED) is 0.590. The van der Waals surface area contributed by atoms with Gasteiger partial charge in [-0.25, -0.2) is 4.68 Å². The van der Waals surface area contributed by atoms with Crippen LogP contribution in [0.2, 0.25) is 0 Å². The van der Waals surface area contributed by atoms with Gasteiger partial charge in [-0.1, -0.05) is 30.3 Å². The van der Waals surface area contributed by atoms with E-state index in [9.17, 15) is 4.79 Å². The summed E-state index contributed by atoms with van der Waals surface area (Å²) in [6.07, 6.45) is 0.744. The number of rotatable bonds is 6. The summed E-state index contributed by atoms with van der Waals surface area (Å²) >= 11 is 1.74. The van der Waals surface area contributed by atoms with Gasteiger partial charge in [-0.15, -0.1) is 11.3 Å². The summed E-state index contributed by atoms with van der Waals surface area (Å²) in [5.74, 6) is 0.949. The van der Waals surface area contributed by atoms with Crippen LogP contribution < -0.4 is 4.74 Å². The van der Waals surface area contributed by atoms with Crippen molar-refractivity contribution in [2.45, 2.75) is 19.9 Å². The molecule has 2 aromatic heterocycles. The number of carbonyl (C=O) groups is 1. The van der Waals surface area contributed by atoms with Gasteiger partial charge in [0.2, 0.25) is 11.8 Å². The number of carbonyl (C=O) groups excluding carboxylic acids is 1. The van der Waals surface area contributed by atoms with Crippen LogP contribution >= 0.6 is 11.3 Å². The fraction of sp³-hybridized carbons (Fsp3) is 0.417. The molecule has 1 aliphatic heterocycles. The third kappa shape index (κ3) is 4.67.